The zero-order chi connectivity index (χ0) is 16.9. The first-order chi connectivity index (χ1) is 11.6. The number of nitrogens with one attached hydrogen (secondary N) is 1. The summed E-state index contributed by atoms with van der Waals surface area (Å²) in [5.74, 6) is 0.683. The third-order valence-corrected chi connectivity index (χ3v) is 4.70. The molecule has 1 aliphatic rings. The molecule has 0 aromatic carbocycles. The highest BCUT2D eigenvalue weighted by Crippen LogP contribution is 2.19. The van der Waals surface area contributed by atoms with Gasteiger partial charge in [-0.1, -0.05) is 19.9 Å². The lowest BCUT2D eigenvalue weighted by Crippen LogP contribution is -2.51. The fourth-order valence-corrected chi connectivity index (χ4v) is 3.33. The molecule has 2 aromatic heterocycles. The second kappa shape index (κ2) is 7.72. The van der Waals surface area contributed by atoms with E-state index in [1.807, 2.05) is 17.5 Å². The van der Waals surface area contributed by atoms with Gasteiger partial charge < -0.3 is 14.8 Å². The van der Waals surface area contributed by atoms with Crippen LogP contribution in [0.15, 0.2) is 29.8 Å². The molecule has 24 heavy (non-hydrogen) atoms. The average Bonchev–Trinajstić information content (AvgIpc) is 3.08. The lowest BCUT2D eigenvalue weighted by atomic mass is 10.1. The largest absolute Gasteiger partial charge is 0.470 e. The minimum Gasteiger partial charge on any atom is -0.470 e. The molecule has 3 heterocycles. The van der Waals surface area contributed by atoms with Gasteiger partial charge in [0.15, 0.2) is 5.01 Å². The Labute approximate surface area is 145 Å². The highest BCUT2D eigenvalue weighted by Gasteiger charge is 2.30. The van der Waals surface area contributed by atoms with Crippen molar-refractivity contribution < 1.29 is 14.3 Å². The Kier molecular flexibility index (Phi) is 5.42. The molecule has 0 bridgehead atoms. The zero-order valence-electron chi connectivity index (χ0n) is 13.8. The van der Waals surface area contributed by atoms with E-state index in [-0.39, 0.29) is 18.1 Å². The zero-order valence-corrected chi connectivity index (χ0v) is 14.6. The van der Waals surface area contributed by atoms with Crippen LogP contribution in [0.5, 0.6) is 5.88 Å². The van der Waals surface area contributed by atoms with E-state index in [1.165, 1.54) is 11.3 Å². The molecule has 1 N–H and O–H groups in total. The number of rotatable bonds is 5. The Balaban J connectivity index is 1.65. The van der Waals surface area contributed by atoms with Crippen LogP contribution in [0.4, 0.5) is 0 Å². The molecule has 0 saturated carbocycles. The van der Waals surface area contributed by atoms with Gasteiger partial charge in [-0.3, -0.25) is 4.79 Å². The summed E-state index contributed by atoms with van der Waals surface area (Å²) in [6, 6.07) is 5.36. The van der Waals surface area contributed by atoms with E-state index in [4.69, 9.17) is 9.47 Å². The van der Waals surface area contributed by atoms with Crippen molar-refractivity contribution >= 4 is 17.2 Å². The van der Waals surface area contributed by atoms with Crippen LogP contribution in [-0.4, -0.2) is 41.2 Å². The molecule has 0 radical (unpaired) electrons. The van der Waals surface area contributed by atoms with E-state index in [0.29, 0.717) is 36.4 Å². The van der Waals surface area contributed by atoms with E-state index in [2.05, 4.69) is 29.1 Å². The first-order valence-electron chi connectivity index (χ1n) is 8.05. The molecule has 0 aliphatic carbocycles. The summed E-state index contributed by atoms with van der Waals surface area (Å²) in [6.07, 6.45) is 2.11. The SMILES string of the molecule is CC(C)c1csc(C(=O)N[C@@H]2CCOC[C@H]2Oc2ccccn2)n1. The number of hydrogen-bond acceptors (Lipinski definition) is 6. The van der Waals surface area contributed by atoms with Crippen LogP contribution in [-0.2, 0) is 4.74 Å². The van der Waals surface area contributed by atoms with Crippen molar-refractivity contribution in [3.05, 3.63) is 40.5 Å². The number of aromatic nitrogens is 2. The molecule has 128 valence electrons. The lowest BCUT2D eigenvalue weighted by Gasteiger charge is -2.31. The summed E-state index contributed by atoms with van der Waals surface area (Å²) in [4.78, 5) is 21.0. The van der Waals surface area contributed by atoms with Crippen LogP contribution in [0.3, 0.4) is 0 Å². The molecule has 7 heteroatoms. The number of carbonyl (C=O) groups excluding carboxylic acids is 1. The van der Waals surface area contributed by atoms with Gasteiger partial charge in [-0.25, -0.2) is 9.97 Å². The van der Waals surface area contributed by atoms with Gasteiger partial charge >= 0.3 is 0 Å². The number of ether oxygens (including phenoxy) is 2. The number of carbonyl (C=O) groups is 1. The number of thiazole rings is 1. The molecule has 0 spiro atoms. The van der Waals surface area contributed by atoms with Crippen molar-refractivity contribution in [2.24, 2.45) is 0 Å². The fourth-order valence-electron chi connectivity index (χ4n) is 2.45. The van der Waals surface area contributed by atoms with Crippen molar-refractivity contribution in [1.29, 1.82) is 0 Å². The molecule has 1 aliphatic heterocycles. The molecule has 0 unspecified atom stereocenters. The summed E-state index contributed by atoms with van der Waals surface area (Å²) in [5.41, 5.74) is 0.943. The predicted octanol–water partition coefficient (Wildman–Crippen LogP) is 2.63. The highest BCUT2D eigenvalue weighted by molar-refractivity contribution is 7.11. The predicted molar refractivity (Wildman–Crippen MR) is 91.5 cm³/mol. The van der Waals surface area contributed by atoms with Crippen LogP contribution in [0, 0.1) is 0 Å². The quantitative estimate of drug-likeness (QED) is 0.900. The smallest absolute Gasteiger partial charge is 0.280 e. The van der Waals surface area contributed by atoms with Gasteiger partial charge in [-0.2, -0.15) is 0 Å². The van der Waals surface area contributed by atoms with Crippen LogP contribution < -0.4 is 10.1 Å². The monoisotopic (exact) mass is 347 g/mol. The van der Waals surface area contributed by atoms with Crippen molar-refractivity contribution in [3.8, 4) is 5.88 Å². The van der Waals surface area contributed by atoms with Gasteiger partial charge in [0, 0.05) is 24.3 Å². The number of nitrogens with zero attached hydrogens (tertiary/aromatic N) is 2. The van der Waals surface area contributed by atoms with E-state index < -0.39 is 0 Å². The number of hydrogen-bond donors (Lipinski definition) is 1. The normalized spacial score (nSPS) is 20.8. The van der Waals surface area contributed by atoms with Gasteiger partial charge in [0.25, 0.3) is 5.91 Å². The standard InChI is InChI=1S/C17H21N3O3S/c1-11(2)13-10-24-17(20-13)16(21)19-12-6-8-22-9-14(12)23-15-5-3-4-7-18-15/h3-5,7,10-12,14H,6,8-9H2,1-2H3,(H,19,21)/t12-,14-/m1/s1. The van der Waals surface area contributed by atoms with Gasteiger partial charge in [0.1, 0.15) is 6.10 Å². The van der Waals surface area contributed by atoms with Gasteiger partial charge in [-0.05, 0) is 18.4 Å². The second-order valence-corrected chi connectivity index (χ2v) is 6.86. The third-order valence-electron chi connectivity index (χ3n) is 3.84. The van der Waals surface area contributed by atoms with E-state index in [0.717, 1.165) is 5.69 Å². The summed E-state index contributed by atoms with van der Waals surface area (Å²) in [7, 11) is 0. The van der Waals surface area contributed by atoms with Gasteiger partial charge in [-0.15, -0.1) is 11.3 Å². The topological polar surface area (TPSA) is 73.3 Å². The summed E-state index contributed by atoms with van der Waals surface area (Å²) >= 11 is 1.37. The lowest BCUT2D eigenvalue weighted by molar-refractivity contribution is -0.0153. The van der Waals surface area contributed by atoms with E-state index in [1.54, 1.807) is 12.3 Å². The molecule has 6 nitrogen and oxygen atoms in total. The van der Waals surface area contributed by atoms with Gasteiger partial charge in [0.2, 0.25) is 5.88 Å². The highest BCUT2D eigenvalue weighted by atomic mass is 32.1. The minimum atomic E-state index is -0.262. The maximum Gasteiger partial charge on any atom is 0.280 e. The molecular formula is C17H21N3O3S. The Morgan fingerprint density at radius 2 is 2.33 bits per heavy atom. The minimum absolute atomic E-state index is 0.125. The molecule has 1 saturated heterocycles. The molecule has 2 atom stereocenters. The van der Waals surface area contributed by atoms with E-state index in [9.17, 15) is 4.79 Å². The summed E-state index contributed by atoms with van der Waals surface area (Å²) < 4.78 is 11.4. The number of pyridine rings is 1. The maximum absolute atomic E-state index is 12.5. The Bertz CT molecular complexity index is 675. The Morgan fingerprint density at radius 1 is 1.46 bits per heavy atom. The Hall–Kier alpha value is -1.99. The number of amides is 1. The summed E-state index contributed by atoms with van der Waals surface area (Å²) in [6.45, 7) is 5.15. The molecule has 3 rings (SSSR count). The van der Waals surface area contributed by atoms with Crippen LogP contribution >= 0.6 is 11.3 Å². The second-order valence-electron chi connectivity index (χ2n) is 6.00. The van der Waals surface area contributed by atoms with Crippen molar-refractivity contribution in [3.63, 3.8) is 0 Å². The average molecular weight is 347 g/mol. The Morgan fingerprint density at radius 3 is 3.04 bits per heavy atom. The van der Waals surface area contributed by atoms with Gasteiger partial charge in [0.05, 0.1) is 18.3 Å². The molecule has 1 fully saturated rings. The van der Waals surface area contributed by atoms with Crippen molar-refractivity contribution in [2.45, 2.75) is 38.3 Å². The van der Waals surface area contributed by atoms with Crippen LogP contribution in [0.2, 0.25) is 0 Å². The molecule has 1 amide bonds. The fraction of sp³-hybridized carbons (Fsp3) is 0.471. The molecular weight excluding hydrogens is 326 g/mol. The third kappa shape index (κ3) is 4.10. The van der Waals surface area contributed by atoms with Crippen LogP contribution in [0.25, 0.3) is 0 Å². The maximum atomic E-state index is 12.5. The van der Waals surface area contributed by atoms with E-state index >= 15 is 0 Å². The summed E-state index contributed by atoms with van der Waals surface area (Å²) in [5, 5.41) is 5.46. The van der Waals surface area contributed by atoms with Crippen LogP contribution in [0.1, 0.15) is 41.7 Å². The molecule has 2 aromatic rings. The first kappa shape index (κ1) is 16.9. The van der Waals surface area contributed by atoms with Crippen molar-refractivity contribution in [1.82, 2.24) is 15.3 Å². The van der Waals surface area contributed by atoms with Crippen molar-refractivity contribution in [2.75, 3.05) is 13.2 Å². The first-order valence-corrected chi connectivity index (χ1v) is 8.93.